The monoisotopic (exact) mass is 377 g/mol. The summed E-state index contributed by atoms with van der Waals surface area (Å²) in [7, 11) is -3.87. The average Bonchev–Trinajstić information content (AvgIpc) is 2.38. The zero-order chi connectivity index (χ0) is 16.0. The van der Waals surface area contributed by atoms with E-state index in [0.717, 1.165) is 18.9 Å². The minimum absolute atomic E-state index is 0.164. The third-order valence-electron chi connectivity index (χ3n) is 2.70. The van der Waals surface area contributed by atoms with E-state index in [1.807, 2.05) is 6.92 Å². The maximum Gasteiger partial charge on any atom is 0.336 e. The second kappa shape index (κ2) is 7.56. The lowest BCUT2D eigenvalue weighted by molar-refractivity contribution is -0.118. The predicted octanol–water partition coefficient (Wildman–Crippen LogP) is 1.84. The van der Waals surface area contributed by atoms with Gasteiger partial charge in [-0.05, 0) is 40.5 Å². The molecule has 0 heterocycles. The van der Waals surface area contributed by atoms with Crippen molar-refractivity contribution in [3.63, 3.8) is 0 Å². The first-order chi connectivity index (χ1) is 9.77. The molecule has 0 spiro atoms. The number of amides is 1. The molecule has 0 unspecified atom stereocenters. The van der Waals surface area contributed by atoms with E-state index in [0.29, 0.717) is 6.54 Å². The Morgan fingerprint density at radius 1 is 1.33 bits per heavy atom. The minimum atomic E-state index is -3.87. The predicted molar refractivity (Wildman–Crippen MR) is 81.1 cm³/mol. The second-order valence-electron chi connectivity index (χ2n) is 4.41. The van der Waals surface area contributed by atoms with Gasteiger partial charge in [-0.2, -0.15) is 0 Å². The normalized spacial score (nSPS) is 11.1. The van der Waals surface area contributed by atoms with Crippen LogP contribution in [-0.4, -0.2) is 37.7 Å². The molecule has 6 nitrogen and oxygen atoms in total. The molecule has 21 heavy (non-hydrogen) atoms. The van der Waals surface area contributed by atoms with Crippen LogP contribution in [0, 0.1) is 0 Å². The molecule has 1 amide bonds. The molecule has 0 aliphatic carbocycles. The third kappa shape index (κ3) is 5.13. The molecule has 0 aromatic heterocycles. The van der Waals surface area contributed by atoms with E-state index >= 15 is 0 Å². The first kappa shape index (κ1) is 17.6. The van der Waals surface area contributed by atoms with Crippen LogP contribution in [0.5, 0.6) is 0 Å². The van der Waals surface area contributed by atoms with Gasteiger partial charge in [-0.3, -0.25) is 4.79 Å². The van der Waals surface area contributed by atoms with Gasteiger partial charge < -0.3 is 10.4 Å². The van der Waals surface area contributed by atoms with Gasteiger partial charge >= 0.3 is 5.97 Å². The number of rotatable bonds is 7. The highest BCUT2D eigenvalue weighted by Crippen LogP contribution is 2.21. The summed E-state index contributed by atoms with van der Waals surface area (Å²) in [6.07, 6.45) is 1.66. The lowest BCUT2D eigenvalue weighted by Gasteiger charge is -2.07. The molecule has 1 aromatic rings. The number of unbranched alkanes of at least 4 members (excludes halogenated alkanes) is 1. The number of carboxylic acids is 1. The van der Waals surface area contributed by atoms with Crippen LogP contribution in [0.4, 0.5) is 0 Å². The topological polar surface area (TPSA) is 101 Å². The first-order valence-corrected chi connectivity index (χ1v) is 8.74. The quantitative estimate of drug-likeness (QED) is 0.706. The summed E-state index contributed by atoms with van der Waals surface area (Å²) in [4.78, 5) is 22.4. The largest absolute Gasteiger partial charge is 0.478 e. The molecule has 2 N–H and O–H groups in total. The van der Waals surface area contributed by atoms with Crippen LogP contribution >= 0.6 is 15.9 Å². The van der Waals surface area contributed by atoms with E-state index in [9.17, 15) is 18.0 Å². The van der Waals surface area contributed by atoms with Gasteiger partial charge in [0, 0.05) is 11.0 Å². The molecule has 116 valence electrons. The summed E-state index contributed by atoms with van der Waals surface area (Å²) in [5, 5.41) is 11.5. The van der Waals surface area contributed by atoms with Gasteiger partial charge in [0.25, 0.3) is 0 Å². The van der Waals surface area contributed by atoms with Gasteiger partial charge in [0.1, 0.15) is 5.75 Å². The third-order valence-corrected chi connectivity index (χ3v) is 5.01. The van der Waals surface area contributed by atoms with Gasteiger partial charge in [0.2, 0.25) is 5.91 Å². The maximum atomic E-state index is 12.1. The van der Waals surface area contributed by atoms with E-state index in [-0.39, 0.29) is 14.9 Å². The minimum Gasteiger partial charge on any atom is -0.478 e. The molecular weight excluding hydrogens is 362 g/mol. The van der Waals surface area contributed by atoms with Crippen LogP contribution in [0.25, 0.3) is 0 Å². The first-order valence-electron chi connectivity index (χ1n) is 6.30. The standard InChI is InChI=1S/C13H16BrNO5S/c1-2-3-6-15-12(16)8-21(19,20)9-4-5-11(14)10(7-9)13(17)18/h4-5,7H,2-3,6,8H2,1H3,(H,15,16)(H,17,18). The van der Waals surface area contributed by atoms with Crippen molar-refractivity contribution < 1.29 is 23.1 Å². The number of benzene rings is 1. The Labute approximate surface area is 131 Å². The van der Waals surface area contributed by atoms with E-state index in [4.69, 9.17) is 5.11 Å². The number of carbonyl (C=O) groups excluding carboxylic acids is 1. The van der Waals surface area contributed by atoms with E-state index in [2.05, 4.69) is 21.2 Å². The summed E-state index contributed by atoms with van der Waals surface area (Å²) >= 11 is 3.04. The number of hydrogen-bond acceptors (Lipinski definition) is 4. The highest BCUT2D eigenvalue weighted by atomic mass is 79.9. The number of aromatic carboxylic acids is 1. The fourth-order valence-electron chi connectivity index (χ4n) is 1.57. The molecular formula is C13H16BrNO5S. The van der Waals surface area contributed by atoms with Crippen molar-refractivity contribution in [2.75, 3.05) is 12.3 Å². The van der Waals surface area contributed by atoms with Gasteiger partial charge in [-0.1, -0.05) is 13.3 Å². The Morgan fingerprint density at radius 2 is 2.00 bits per heavy atom. The van der Waals surface area contributed by atoms with Crippen molar-refractivity contribution >= 4 is 37.6 Å². The SMILES string of the molecule is CCCCNC(=O)CS(=O)(=O)c1ccc(Br)c(C(=O)O)c1. The Hall–Kier alpha value is -1.41. The molecule has 0 bridgehead atoms. The summed E-state index contributed by atoms with van der Waals surface area (Å²) in [5.74, 6) is -2.54. The highest BCUT2D eigenvalue weighted by molar-refractivity contribution is 9.10. The number of carboxylic acid groups (broad SMARTS) is 1. The fourth-order valence-corrected chi connectivity index (χ4v) is 3.18. The van der Waals surface area contributed by atoms with Crippen LogP contribution in [0.15, 0.2) is 27.6 Å². The molecule has 0 aliphatic heterocycles. The average molecular weight is 378 g/mol. The van der Waals surface area contributed by atoms with E-state index < -0.39 is 27.5 Å². The molecule has 8 heteroatoms. The number of hydrogen-bond donors (Lipinski definition) is 2. The number of nitrogens with one attached hydrogen (secondary N) is 1. The maximum absolute atomic E-state index is 12.1. The van der Waals surface area contributed by atoms with Crippen LogP contribution < -0.4 is 5.32 Å². The summed E-state index contributed by atoms with van der Waals surface area (Å²) in [6, 6.07) is 3.65. The molecule has 0 atom stereocenters. The molecule has 1 aromatic carbocycles. The van der Waals surface area contributed by atoms with Crippen molar-refractivity contribution in [1.82, 2.24) is 5.32 Å². The van der Waals surface area contributed by atoms with Crippen molar-refractivity contribution in [1.29, 1.82) is 0 Å². The van der Waals surface area contributed by atoms with Crippen molar-refractivity contribution in [3.8, 4) is 0 Å². The molecule has 0 saturated carbocycles. The van der Waals surface area contributed by atoms with Crippen LogP contribution in [0.1, 0.15) is 30.1 Å². The number of sulfone groups is 1. The lowest BCUT2D eigenvalue weighted by atomic mass is 10.2. The van der Waals surface area contributed by atoms with Crippen LogP contribution in [0.3, 0.4) is 0 Å². The van der Waals surface area contributed by atoms with Crippen molar-refractivity contribution in [3.05, 3.63) is 28.2 Å². The van der Waals surface area contributed by atoms with Crippen molar-refractivity contribution in [2.24, 2.45) is 0 Å². The molecule has 1 rings (SSSR count). The molecule has 0 radical (unpaired) electrons. The second-order valence-corrected chi connectivity index (χ2v) is 7.25. The molecule has 0 fully saturated rings. The fraction of sp³-hybridized carbons (Fsp3) is 0.385. The Balaban J connectivity index is 2.90. The lowest BCUT2D eigenvalue weighted by Crippen LogP contribution is -2.31. The van der Waals surface area contributed by atoms with Crippen LogP contribution in [-0.2, 0) is 14.6 Å². The highest BCUT2D eigenvalue weighted by Gasteiger charge is 2.21. The zero-order valence-electron chi connectivity index (χ0n) is 11.4. The van der Waals surface area contributed by atoms with Gasteiger partial charge in [0.15, 0.2) is 9.84 Å². The Kier molecular flexibility index (Phi) is 6.35. The number of halogens is 1. The summed E-state index contributed by atoms with van der Waals surface area (Å²) < 4.78 is 24.5. The van der Waals surface area contributed by atoms with Gasteiger partial charge in [-0.25, -0.2) is 13.2 Å². The molecule has 0 aliphatic rings. The smallest absolute Gasteiger partial charge is 0.336 e. The van der Waals surface area contributed by atoms with Gasteiger partial charge in [0.05, 0.1) is 10.5 Å². The summed E-state index contributed by atoms with van der Waals surface area (Å²) in [6.45, 7) is 2.38. The summed E-state index contributed by atoms with van der Waals surface area (Å²) in [5.41, 5.74) is -0.164. The van der Waals surface area contributed by atoms with E-state index in [1.165, 1.54) is 12.1 Å². The Morgan fingerprint density at radius 3 is 2.57 bits per heavy atom. The zero-order valence-corrected chi connectivity index (χ0v) is 13.8. The Bertz CT molecular complexity index is 642. The number of carbonyl (C=O) groups is 2. The van der Waals surface area contributed by atoms with Gasteiger partial charge in [-0.15, -0.1) is 0 Å². The molecule has 0 saturated heterocycles. The van der Waals surface area contributed by atoms with Crippen molar-refractivity contribution in [2.45, 2.75) is 24.7 Å². The van der Waals surface area contributed by atoms with Crippen LogP contribution in [0.2, 0.25) is 0 Å². The van der Waals surface area contributed by atoms with E-state index in [1.54, 1.807) is 0 Å².